The molecular weight excluding hydrogens is 328 g/mol. The van der Waals surface area contributed by atoms with E-state index < -0.39 is 10.0 Å². The van der Waals surface area contributed by atoms with E-state index in [1.165, 1.54) is 6.20 Å². The second kappa shape index (κ2) is 5.89. The zero-order chi connectivity index (χ0) is 14.0. The summed E-state index contributed by atoms with van der Waals surface area (Å²) in [5.74, 6) is 1.01. The fourth-order valence-electron chi connectivity index (χ4n) is 2.80. The number of nitrogens with one attached hydrogen (secondary N) is 1. The summed E-state index contributed by atoms with van der Waals surface area (Å²) in [6.45, 7) is 4.30. The van der Waals surface area contributed by atoms with Crippen LogP contribution in [0.2, 0.25) is 0 Å². The van der Waals surface area contributed by atoms with Gasteiger partial charge in [0.05, 0.1) is 0 Å². The minimum atomic E-state index is -3.47. The van der Waals surface area contributed by atoms with Crippen molar-refractivity contribution in [3.8, 4) is 0 Å². The van der Waals surface area contributed by atoms with Crippen molar-refractivity contribution in [2.45, 2.75) is 44.0 Å². The van der Waals surface area contributed by atoms with Gasteiger partial charge in [0.25, 0.3) is 0 Å². The standard InChI is InChI=1S/C13H19BrN2O2S/c1-3-10-4-5-13(9(10)2)16-19(17,18)12-6-11(14)7-15-8-12/h6-10,13,16H,3-5H2,1-2H3. The maximum atomic E-state index is 12.3. The van der Waals surface area contributed by atoms with Crippen molar-refractivity contribution in [1.82, 2.24) is 9.71 Å². The molecule has 1 saturated carbocycles. The van der Waals surface area contributed by atoms with E-state index in [2.05, 4.69) is 39.5 Å². The van der Waals surface area contributed by atoms with Crippen molar-refractivity contribution in [2.24, 2.45) is 11.8 Å². The summed E-state index contributed by atoms with van der Waals surface area (Å²) in [4.78, 5) is 4.13. The van der Waals surface area contributed by atoms with E-state index >= 15 is 0 Å². The summed E-state index contributed by atoms with van der Waals surface area (Å²) in [6, 6.07) is 1.61. The van der Waals surface area contributed by atoms with Crippen LogP contribution in [0.15, 0.2) is 27.8 Å². The molecule has 0 amide bonds. The Kier molecular flexibility index (Phi) is 4.63. The number of halogens is 1. The van der Waals surface area contributed by atoms with Gasteiger partial charge in [-0.3, -0.25) is 4.98 Å². The van der Waals surface area contributed by atoms with Gasteiger partial charge in [-0.2, -0.15) is 0 Å². The highest BCUT2D eigenvalue weighted by molar-refractivity contribution is 9.10. The van der Waals surface area contributed by atoms with Crippen LogP contribution in [0.4, 0.5) is 0 Å². The third kappa shape index (κ3) is 3.35. The monoisotopic (exact) mass is 346 g/mol. The van der Waals surface area contributed by atoms with Crippen LogP contribution < -0.4 is 4.72 Å². The molecule has 3 atom stereocenters. The molecule has 0 radical (unpaired) electrons. The van der Waals surface area contributed by atoms with Gasteiger partial charge in [-0.25, -0.2) is 13.1 Å². The van der Waals surface area contributed by atoms with Crippen LogP contribution in [0.25, 0.3) is 0 Å². The number of sulfonamides is 1. The SMILES string of the molecule is CCC1CCC(NS(=O)(=O)c2cncc(Br)c2)C1C. The Labute approximate surface area is 123 Å². The van der Waals surface area contributed by atoms with Gasteiger partial charge in [-0.1, -0.05) is 20.3 Å². The van der Waals surface area contributed by atoms with Crippen molar-refractivity contribution >= 4 is 26.0 Å². The Hall–Kier alpha value is -0.460. The van der Waals surface area contributed by atoms with Crippen LogP contribution in [-0.4, -0.2) is 19.4 Å². The molecule has 1 aromatic rings. The summed E-state index contributed by atoms with van der Waals surface area (Å²) in [7, 11) is -3.47. The molecular formula is C13H19BrN2O2S. The van der Waals surface area contributed by atoms with Crippen molar-refractivity contribution in [1.29, 1.82) is 0 Å². The number of rotatable bonds is 4. The molecule has 0 bridgehead atoms. The van der Waals surface area contributed by atoms with Gasteiger partial charge in [0.15, 0.2) is 0 Å². The lowest BCUT2D eigenvalue weighted by atomic mass is 9.94. The molecule has 1 fully saturated rings. The van der Waals surface area contributed by atoms with Gasteiger partial charge >= 0.3 is 0 Å². The molecule has 1 aromatic heterocycles. The summed E-state index contributed by atoms with van der Waals surface area (Å²) in [5, 5.41) is 0. The molecule has 4 nitrogen and oxygen atoms in total. The average Bonchev–Trinajstić information content (AvgIpc) is 2.70. The lowest BCUT2D eigenvalue weighted by Gasteiger charge is -2.20. The molecule has 1 N–H and O–H groups in total. The zero-order valence-electron chi connectivity index (χ0n) is 11.1. The quantitative estimate of drug-likeness (QED) is 0.911. The van der Waals surface area contributed by atoms with E-state index in [1.54, 1.807) is 12.3 Å². The first-order valence-electron chi connectivity index (χ1n) is 6.57. The van der Waals surface area contributed by atoms with Crippen LogP contribution in [0.1, 0.15) is 33.1 Å². The molecule has 0 aromatic carbocycles. The van der Waals surface area contributed by atoms with Crippen LogP contribution in [0, 0.1) is 11.8 Å². The first-order valence-corrected chi connectivity index (χ1v) is 8.84. The van der Waals surface area contributed by atoms with Crippen molar-refractivity contribution in [3.63, 3.8) is 0 Å². The highest BCUT2D eigenvalue weighted by Crippen LogP contribution is 2.34. The maximum Gasteiger partial charge on any atom is 0.242 e. The molecule has 6 heteroatoms. The zero-order valence-corrected chi connectivity index (χ0v) is 13.5. The second-order valence-corrected chi connectivity index (χ2v) is 7.80. The van der Waals surface area contributed by atoms with Crippen LogP contribution >= 0.6 is 15.9 Å². The molecule has 3 unspecified atom stereocenters. The highest BCUT2D eigenvalue weighted by atomic mass is 79.9. The van der Waals surface area contributed by atoms with Gasteiger partial charge < -0.3 is 0 Å². The predicted octanol–water partition coefficient (Wildman–Crippen LogP) is 2.95. The first-order chi connectivity index (χ1) is 8.94. The largest absolute Gasteiger partial charge is 0.262 e. The highest BCUT2D eigenvalue weighted by Gasteiger charge is 2.34. The molecule has 1 aliphatic carbocycles. The topological polar surface area (TPSA) is 59.1 Å². The Morgan fingerprint density at radius 1 is 1.42 bits per heavy atom. The minimum absolute atomic E-state index is 0.0360. The van der Waals surface area contributed by atoms with E-state index in [4.69, 9.17) is 0 Å². The normalized spacial score (nSPS) is 27.6. The fourth-order valence-corrected chi connectivity index (χ4v) is 4.66. The maximum absolute atomic E-state index is 12.3. The Bertz CT molecular complexity index is 547. The van der Waals surface area contributed by atoms with Gasteiger partial charge in [0.2, 0.25) is 10.0 Å². The van der Waals surface area contributed by atoms with Crippen molar-refractivity contribution < 1.29 is 8.42 Å². The van der Waals surface area contributed by atoms with Crippen LogP contribution in [-0.2, 0) is 10.0 Å². The van der Waals surface area contributed by atoms with E-state index in [1.807, 2.05) is 0 Å². The molecule has 1 heterocycles. The molecule has 0 spiro atoms. The molecule has 2 rings (SSSR count). The number of nitrogens with zero attached hydrogens (tertiary/aromatic N) is 1. The molecule has 1 aliphatic rings. The lowest BCUT2D eigenvalue weighted by Crippen LogP contribution is -2.37. The van der Waals surface area contributed by atoms with Crippen molar-refractivity contribution in [2.75, 3.05) is 0 Å². The van der Waals surface area contributed by atoms with E-state index in [0.29, 0.717) is 16.3 Å². The van der Waals surface area contributed by atoms with E-state index in [0.717, 1.165) is 19.3 Å². The lowest BCUT2D eigenvalue weighted by molar-refractivity contribution is 0.368. The van der Waals surface area contributed by atoms with E-state index in [-0.39, 0.29) is 10.9 Å². The molecule has 0 saturated heterocycles. The third-order valence-electron chi connectivity index (χ3n) is 4.05. The Morgan fingerprint density at radius 2 is 2.16 bits per heavy atom. The number of pyridine rings is 1. The first kappa shape index (κ1) is 14.9. The van der Waals surface area contributed by atoms with Gasteiger partial charge in [0, 0.05) is 22.9 Å². The number of aromatic nitrogens is 1. The second-order valence-electron chi connectivity index (χ2n) is 5.17. The smallest absolute Gasteiger partial charge is 0.242 e. The molecule has 106 valence electrons. The number of hydrogen-bond acceptors (Lipinski definition) is 3. The van der Waals surface area contributed by atoms with E-state index in [9.17, 15) is 8.42 Å². The number of hydrogen-bond donors (Lipinski definition) is 1. The van der Waals surface area contributed by atoms with Gasteiger partial charge in [-0.15, -0.1) is 0 Å². The molecule has 0 aliphatic heterocycles. The molecule has 19 heavy (non-hydrogen) atoms. The summed E-state index contributed by atoms with van der Waals surface area (Å²) in [5.41, 5.74) is 0. The van der Waals surface area contributed by atoms with Crippen molar-refractivity contribution in [3.05, 3.63) is 22.9 Å². The summed E-state index contributed by atoms with van der Waals surface area (Å²) < 4.78 is 28.1. The van der Waals surface area contributed by atoms with Gasteiger partial charge in [0.1, 0.15) is 4.90 Å². The predicted molar refractivity (Wildman–Crippen MR) is 78.2 cm³/mol. The van der Waals surface area contributed by atoms with Crippen LogP contribution in [0.5, 0.6) is 0 Å². The Balaban J connectivity index is 2.14. The van der Waals surface area contributed by atoms with Gasteiger partial charge in [-0.05, 0) is 46.7 Å². The summed E-state index contributed by atoms with van der Waals surface area (Å²) in [6.07, 6.45) is 6.08. The third-order valence-corrected chi connectivity index (χ3v) is 5.94. The minimum Gasteiger partial charge on any atom is -0.262 e. The summed E-state index contributed by atoms with van der Waals surface area (Å²) >= 11 is 3.25. The fraction of sp³-hybridized carbons (Fsp3) is 0.615. The Morgan fingerprint density at radius 3 is 2.74 bits per heavy atom. The average molecular weight is 347 g/mol. The van der Waals surface area contributed by atoms with Crippen LogP contribution in [0.3, 0.4) is 0 Å².